The summed E-state index contributed by atoms with van der Waals surface area (Å²) in [7, 11) is 0. The lowest BCUT2D eigenvalue weighted by atomic mass is 9.41. The highest BCUT2D eigenvalue weighted by Gasteiger charge is 2.70. The molecule has 33 nitrogen and oxygen atoms in total. The van der Waals surface area contributed by atoms with E-state index in [1.54, 1.807) is 6.92 Å². The normalized spacial score (nSPS) is 54.5. The van der Waals surface area contributed by atoms with Crippen molar-refractivity contribution < 1.29 is 164 Å². The Hall–Kier alpha value is -2.03. The van der Waals surface area contributed by atoms with Gasteiger partial charge in [0.05, 0.1) is 50.7 Å². The second kappa shape index (κ2) is 27.2. The topological polar surface area (TPSA) is 532 Å². The average Bonchev–Trinajstić information content (AvgIpc) is 1.63. The molecule has 36 atom stereocenters. The Morgan fingerprint density at radius 2 is 0.775 bits per heavy atom. The molecule has 0 aromatic heterocycles. The molecule has 4 saturated carbocycles. The van der Waals surface area contributed by atoms with Gasteiger partial charge in [0, 0.05) is 0 Å². The molecule has 33 heteroatoms. The van der Waals surface area contributed by atoms with Gasteiger partial charge >= 0.3 is 5.97 Å². The van der Waals surface area contributed by atoms with Gasteiger partial charge in [0.2, 0.25) is 6.29 Å². The molecule has 1 spiro atoms. The van der Waals surface area contributed by atoms with Crippen LogP contribution in [0.4, 0.5) is 0 Å². The smallest absolute Gasteiger partial charge is 0.314 e. The van der Waals surface area contributed by atoms with Gasteiger partial charge in [-0.3, -0.25) is 4.79 Å². The molecule has 10 rings (SSSR count). The minimum Gasteiger partial charge on any atom is -0.432 e. The fourth-order valence-corrected chi connectivity index (χ4v) is 16.5. The minimum absolute atomic E-state index is 0.00484. The van der Waals surface area contributed by atoms with Crippen molar-refractivity contribution >= 4 is 5.97 Å². The number of rotatable bonds is 18. The Balaban J connectivity index is 0.752. The standard InChI is InChI=1S/C56H90O33/c1-19-11-55-9-5-26-53(2,7-4-8-54(26,3)52(77)88-50-40(75)34(69)44(24(16-61)82-50)85-47-37(72)31(66)29(64)21(13-58)79-47)27(55)6-10-56(19,18-55)89-51-41(76)35(70)45(25(17-62)83-51)87-49-39(74)33(68)43(23(15-60)81-49)86-48-38(73)32(67)42(22(14-59)80-48)84-46-36(71)30(65)28(63)20(12-57)78-46/h20-51,57-76H,1,4-18H2,2-3H3/t20-,21-,22-,23-,24-,25-,26+,27+,28-,29-,30+,31+,32-,33-,34-,35-,36-,37-,38-,39-,40-,41-,42-,43-,44-,45-,46-,47-,48-,49-,50+,51+,53-,54-,55-,56+/m1/s1. The predicted molar refractivity (Wildman–Crippen MR) is 284 cm³/mol. The van der Waals surface area contributed by atoms with E-state index in [2.05, 4.69) is 13.5 Å². The van der Waals surface area contributed by atoms with Crippen LogP contribution in [0.2, 0.25) is 0 Å². The van der Waals surface area contributed by atoms with E-state index >= 15 is 0 Å². The molecule has 89 heavy (non-hydrogen) atoms. The Morgan fingerprint density at radius 1 is 0.427 bits per heavy atom. The molecular weight excluding hydrogens is 1200 g/mol. The number of aliphatic hydroxyl groups is 20. The number of fused-ring (bicyclic) bond motifs is 3. The lowest BCUT2D eigenvalue weighted by molar-refractivity contribution is -0.390. The first kappa shape index (κ1) is 69.8. The van der Waals surface area contributed by atoms with Crippen LogP contribution in [-0.4, -0.2) is 338 Å². The highest BCUT2D eigenvalue weighted by atomic mass is 16.8. The number of ether oxygens (including phenoxy) is 12. The summed E-state index contributed by atoms with van der Waals surface area (Å²) in [6.07, 6.45) is -48.8. The maximum Gasteiger partial charge on any atom is 0.314 e. The van der Waals surface area contributed by atoms with Crippen LogP contribution >= 0.6 is 0 Å². The first-order chi connectivity index (χ1) is 42.1. The van der Waals surface area contributed by atoms with E-state index in [-0.39, 0.29) is 11.8 Å². The second-order valence-corrected chi connectivity index (χ2v) is 26.4. The Bertz CT molecular complexity index is 2390. The summed E-state index contributed by atoms with van der Waals surface area (Å²) in [5.74, 6) is -0.984. The number of hydrogen-bond acceptors (Lipinski definition) is 33. The summed E-state index contributed by atoms with van der Waals surface area (Å²) in [4.78, 5) is 14.6. The fourth-order valence-electron chi connectivity index (χ4n) is 16.5. The number of hydrogen-bond donors (Lipinski definition) is 20. The molecular formula is C56H90O33. The van der Waals surface area contributed by atoms with Gasteiger partial charge in [0.15, 0.2) is 31.5 Å². The first-order valence-electron chi connectivity index (χ1n) is 30.4. The van der Waals surface area contributed by atoms with Gasteiger partial charge in [-0.15, -0.1) is 0 Å². The minimum atomic E-state index is -2.10. The van der Waals surface area contributed by atoms with Crippen LogP contribution in [0.1, 0.15) is 71.6 Å². The van der Waals surface area contributed by atoms with E-state index in [1.165, 1.54) is 0 Å². The van der Waals surface area contributed by atoms with Crippen molar-refractivity contribution in [2.45, 2.75) is 261 Å². The molecule has 0 aromatic rings. The largest absolute Gasteiger partial charge is 0.432 e. The van der Waals surface area contributed by atoms with Crippen LogP contribution in [0.3, 0.4) is 0 Å². The Morgan fingerprint density at radius 3 is 1.19 bits per heavy atom. The summed E-state index contributed by atoms with van der Waals surface area (Å²) < 4.78 is 69.8. The molecule has 6 heterocycles. The second-order valence-electron chi connectivity index (χ2n) is 26.4. The summed E-state index contributed by atoms with van der Waals surface area (Å²) in [5.41, 5.74) is -2.44. The van der Waals surface area contributed by atoms with Crippen molar-refractivity contribution in [3.63, 3.8) is 0 Å². The maximum absolute atomic E-state index is 14.6. The third-order valence-electron chi connectivity index (χ3n) is 21.3. The molecule has 6 saturated heterocycles. The average molecular weight is 1290 g/mol. The summed E-state index contributed by atoms with van der Waals surface area (Å²) in [6.45, 7) is 3.24. The van der Waals surface area contributed by atoms with Crippen molar-refractivity contribution in [2.75, 3.05) is 39.6 Å². The van der Waals surface area contributed by atoms with E-state index in [9.17, 15) is 107 Å². The van der Waals surface area contributed by atoms with Gasteiger partial charge in [-0.2, -0.15) is 0 Å². The quantitative estimate of drug-likeness (QED) is 0.0344. The van der Waals surface area contributed by atoms with Gasteiger partial charge < -0.3 is 159 Å². The van der Waals surface area contributed by atoms with Crippen LogP contribution in [0.5, 0.6) is 0 Å². The maximum atomic E-state index is 14.6. The van der Waals surface area contributed by atoms with Gasteiger partial charge in [-0.1, -0.05) is 19.9 Å². The van der Waals surface area contributed by atoms with Crippen molar-refractivity contribution in [2.24, 2.45) is 28.1 Å². The number of carbonyl (C=O) groups is 1. The van der Waals surface area contributed by atoms with Crippen LogP contribution in [-0.2, 0) is 61.6 Å². The van der Waals surface area contributed by atoms with E-state index < -0.39 is 252 Å². The van der Waals surface area contributed by atoms with Crippen LogP contribution in [0, 0.1) is 28.1 Å². The zero-order valence-corrected chi connectivity index (χ0v) is 49.0. The summed E-state index contributed by atoms with van der Waals surface area (Å²) in [5, 5.41) is 214. The Kier molecular flexibility index (Phi) is 21.4. The molecule has 20 N–H and O–H groups in total. The molecule has 0 radical (unpaired) electrons. The van der Waals surface area contributed by atoms with Crippen LogP contribution < -0.4 is 0 Å². The molecule has 10 aliphatic rings. The summed E-state index contributed by atoms with van der Waals surface area (Å²) >= 11 is 0. The van der Waals surface area contributed by atoms with Crippen molar-refractivity contribution in [3.8, 4) is 0 Å². The lowest BCUT2D eigenvalue weighted by Crippen LogP contribution is -2.67. The van der Waals surface area contributed by atoms with Crippen LogP contribution in [0.25, 0.3) is 0 Å². The number of aliphatic hydroxyl groups excluding tert-OH is 20. The fraction of sp³-hybridized carbons (Fsp3) is 0.946. The van der Waals surface area contributed by atoms with Crippen molar-refractivity contribution in [1.29, 1.82) is 0 Å². The van der Waals surface area contributed by atoms with Crippen molar-refractivity contribution in [1.82, 2.24) is 0 Å². The lowest BCUT2D eigenvalue weighted by Gasteiger charge is -2.64. The molecule has 2 bridgehead atoms. The van der Waals surface area contributed by atoms with E-state index in [0.29, 0.717) is 56.9 Å². The summed E-state index contributed by atoms with van der Waals surface area (Å²) in [6, 6.07) is 0. The number of esters is 1. The van der Waals surface area contributed by atoms with Gasteiger partial charge in [0.25, 0.3) is 0 Å². The van der Waals surface area contributed by atoms with E-state index in [1.807, 2.05) is 0 Å². The molecule has 4 aliphatic carbocycles. The van der Waals surface area contributed by atoms with Gasteiger partial charge in [0.1, 0.15) is 146 Å². The monoisotopic (exact) mass is 1290 g/mol. The van der Waals surface area contributed by atoms with Crippen LogP contribution in [0.15, 0.2) is 12.2 Å². The predicted octanol–water partition coefficient (Wildman–Crippen LogP) is -9.47. The third kappa shape index (κ3) is 12.3. The molecule has 0 unspecified atom stereocenters. The van der Waals surface area contributed by atoms with E-state index in [4.69, 9.17) is 56.8 Å². The zero-order chi connectivity index (χ0) is 64.7. The molecule has 512 valence electrons. The molecule has 10 fully saturated rings. The van der Waals surface area contributed by atoms with Gasteiger partial charge in [-0.25, -0.2) is 0 Å². The van der Waals surface area contributed by atoms with E-state index in [0.717, 1.165) is 6.42 Å². The number of carbonyl (C=O) groups excluding carboxylic acids is 1. The van der Waals surface area contributed by atoms with Crippen molar-refractivity contribution in [3.05, 3.63) is 12.2 Å². The SMILES string of the molecule is C=C1C[C@@]23CC[C@H]4[C@@](C)(CCC[C@@]4(C)C(=O)O[C@@H]4O[C@H](CO)[C@@H](O[C@H]5O[C@H](CO)[C@@H](O)[C@H](O)[C@H]5O)[C@H](O)[C@H]4O)[C@@H]2CC[C@]1(O[C@@H]1O[C@H](CO)[C@@H](O[C@H]2O[C@H](CO)[C@@H](O[C@H]4O[C@H](CO)[C@@H](O[C@H]5O[C@H](CO)[C@@H](O)[C@H](O)[C@H]5O)[C@H](O)[C@H]4O)[C@H](O)[C@H]2O)[C@H](O)[C@H]1O)C3. The molecule has 0 amide bonds. The third-order valence-corrected chi connectivity index (χ3v) is 21.3. The highest BCUT2D eigenvalue weighted by molar-refractivity contribution is 5.77. The molecule has 6 aliphatic heterocycles. The highest BCUT2D eigenvalue weighted by Crippen LogP contribution is 2.74. The first-order valence-corrected chi connectivity index (χ1v) is 30.4. The zero-order valence-electron chi connectivity index (χ0n) is 49.0. The molecule has 0 aromatic carbocycles. The van der Waals surface area contributed by atoms with Gasteiger partial charge in [-0.05, 0) is 86.5 Å². The Labute approximate surface area is 509 Å².